The first kappa shape index (κ1) is 19.1. The summed E-state index contributed by atoms with van der Waals surface area (Å²) in [4.78, 5) is 4.97. The standard InChI is InChI=1S/C19H28N6O3/c1-3-16(19-20-21-22-25(19)10-11-26-2)24-8-6-23(7-9-24)13-15-4-5-17-18(12-15)28-14-27-17/h4-5,12,16H,3,6-11,13-14H2,1-2H3/t16-/m1/s1. The number of aromatic nitrogens is 4. The molecule has 28 heavy (non-hydrogen) atoms. The molecule has 2 aliphatic heterocycles. The molecule has 2 aromatic rings. The molecule has 0 aliphatic carbocycles. The van der Waals surface area contributed by atoms with E-state index in [9.17, 15) is 0 Å². The summed E-state index contributed by atoms with van der Waals surface area (Å²) >= 11 is 0. The van der Waals surface area contributed by atoms with Gasteiger partial charge in [0.25, 0.3) is 0 Å². The summed E-state index contributed by atoms with van der Waals surface area (Å²) in [5.74, 6) is 2.62. The van der Waals surface area contributed by atoms with Crippen molar-refractivity contribution in [1.82, 2.24) is 30.0 Å². The Morgan fingerprint density at radius 3 is 2.75 bits per heavy atom. The highest BCUT2D eigenvalue weighted by Crippen LogP contribution is 2.33. The molecule has 2 aliphatic rings. The van der Waals surface area contributed by atoms with Gasteiger partial charge in [0, 0.05) is 39.8 Å². The third-order valence-electron chi connectivity index (χ3n) is 5.44. The van der Waals surface area contributed by atoms with Gasteiger partial charge in [-0.3, -0.25) is 9.80 Å². The molecule has 3 heterocycles. The van der Waals surface area contributed by atoms with Gasteiger partial charge in [-0.15, -0.1) is 5.10 Å². The highest BCUT2D eigenvalue weighted by atomic mass is 16.7. The van der Waals surface area contributed by atoms with E-state index < -0.39 is 0 Å². The van der Waals surface area contributed by atoms with Gasteiger partial charge in [0.1, 0.15) is 0 Å². The number of tetrazole rings is 1. The lowest BCUT2D eigenvalue weighted by atomic mass is 10.1. The molecule has 0 radical (unpaired) electrons. The Morgan fingerprint density at radius 2 is 1.96 bits per heavy atom. The van der Waals surface area contributed by atoms with Gasteiger partial charge in [0.05, 0.1) is 19.2 Å². The number of hydrogen-bond donors (Lipinski definition) is 0. The van der Waals surface area contributed by atoms with Gasteiger partial charge >= 0.3 is 0 Å². The van der Waals surface area contributed by atoms with Crippen molar-refractivity contribution in [2.75, 3.05) is 46.7 Å². The van der Waals surface area contributed by atoms with Crippen molar-refractivity contribution in [2.45, 2.75) is 32.5 Å². The lowest BCUT2D eigenvalue weighted by Gasteiger charge is -2.38. The summed E-state index contributed by atoms with van der Waals surface area (Å²) in [5.41, 5.74) is 1.26. The Kier molecular flexibility index (Phi) is 6.04. The van der Waals surface area contributed by atoms with Gasteiger partial charge in [0.15, 0.2) is 17.3 Å². The van der Waals surface area contributed by atoms with Crippen LogP contribution in [0, 0.1) is 0 Å². The van der Waals surface area contributed by atoms with Crippen molar-refractivity contribution in [3.8, 4) is 11.5 Å². The van der Waals surface area contributed by atoms with Crippen LogP contribution in [-0.4, -0.2) is 76.7 Å². The first-order chi connectivity index (χ1) is 13.8. The highest BCUT2D eigenvalue weighted by Gasteiger charge is 2.28. The normalized spacial score (nSPS) is 18.5. The minimum atomic E-state index is 0.236. The van der Waals surface area contributed by atoms with Crippen LogP contribution in [0.15, 0.2) is 18.2 Å². The van der Waals surface area contributed by atoms with Crippen LogP contribution in [0.4, 0.5) is 0 Å². The number of rotatable bonds is 8. The monoisotopic (exact) mass is 388 g/mol. The Balaban J connectivity index is 1.34. The summed E-state index contributed by atoms with van der Waals surface area (Å²) < 4.78 is 17.9. The van der Waals surface area contributed by atoms with E-state index in [2.05, 4.69) is 44.4 Å². The Bertz CT molecular complexity index is 775. The molecule has 0 unspecified atom stereocenters. The molecule has 0 saturated carbocycles. The molecule has 4 rings (SSSR count). The summed E-state index contributed by atoms with van der Waals surface area (Å²) in [6.45, 7) is 8.76. The molecule has 0 N–H and O–H groups in total. The molecule has 1 saturated heterocycles. The predicted octanol–water partition coefficient (Wildman–Crippen LogP) is 1.32. The van der Waals surface area contributed by atoms with Crippen LogP contribution >= 0.6 is 0 Å². The third-order valence-corrected chi connectivity index (χ3v) is 5.44. The average Bonchev–Trinajstić information content (AvgIpc) is 3.37. The Labute approximate surface area is 165 Å². The topological polar surface area (TPSA) is 77.8 Å². The second kappa shape index (κ2) is 8.85. The molecule has 1 fully saturated rings. The second-order valence-electron chi connectivity index (χ2n) is 7.18. The van der Waals surface area contributed by atoms with Crippen molar-refractivity contribution in [1.29, 1.82) is 0 Å². The van der Waals surface area contributed by atoms with Gasteiger partial charge in [0.2, 0.25) is 6.79 Å². The number of fused-ring (bicyclic) bond motifs is 1. The number of methoxy groups -OCH3 is 1. The van der Waals surface area contributed by atoms with Crippen LogP contribution in [0.25, 0.3) is 0 Å². The summed E-state index contributed by atoms with van der Waals surface area (Å²) in [6.07, 6.45) is 0.982. The fourth-order valence-electron chi connectivity index (χ4n) is 3.92. The van der Waals surface area contributed by atoms with Crippen LogP contribution < -0.4 is 9.47 Å². The maximum atomic E-state index is 5.49. The number of piperazine rings is 1. The predicted molar refractivity (Wildman–Crippen MR) is 102 cm³/mol. The Hall–Kier alpha value is -2.23. The largest absolute Gasteiger partial charge is 0.454 e. The van der Waals surface area contributed by atoms with Gasteiger partial charge in [-0.2, -0.15) is 0 Å². The molecule has 152 valence electrons. The van der Waals surface area contributed by atoms with E-state index >= 15 is 0 Å². The van der Waals surface area contributed by atoms with E-state index in [0.29, 0.717) is 19.9 Å². The van der Waals surface area contributed by atoms with E-state index in [1.165, 1.54) is 5.56 Å². The van der Waals surface area contributed by atoms with E-state index in [1.54, 1.807) is 7.11 Å². The molecule has 9 nitrogen and oxygen atoms in total. The third kappa shape index (κ3) is 4.11. The number of ether oxygens (including phenoxy) is 3. The van der Waals surface area contributed by atoms with Gasteiger partial charge in [-0.25, -0.2) is 4.68 Å². The van der Waals surface area contributed by atoms with E-state index in [0.717, 1.165) is 56.5 Å². The summed E-state index contributed by atoms with van der Waals surface area (Å²) in [7, 11) is 1.70. The number of nitrogens with zero attached hydrogens (tertiary/aromatic N) is 6. The Morgan fingerprint density at radius 1 is 1.14 bits per heavy atom. The van der Waals surface area contributed by atoms with Crippen molar-refractivity contribution in [3.63, 3.8) is 0 Å². The molecule has 0 bridgehead atoms. The number of hydrogen-bond acceptors (Lipinski definition) is 8. The first-order valence-corrected chi connectivity index (χ1v) is 9.88. The van der Waals surface area contributed by atoms with Gasteiger partial charge in [-0.05, 0) is 34.5 Å². The van der Waals surface area contributed by atoms with E-state index in [4.69, 9.17) is 14.2 Å². The molecule has 1 aromatic heterocycles. The molecule has 0 amide bonds. The van der Waals surface area contributed by atoms with Crippen LogP contribution in [0.2, 0.25) is 0 Å². The molecule has 9 heteroatoms. The zero-order chi connectivity index (χ0) is 19.3. The van der Waals surface area contributed by atoms with Crippen LogP contribution in [0.1, 0.15) is 30.8 Å². The SMILES string of the molecule is CC[C@H](c1nnnn1CCOC)N1CCN(Cc2ccc3c(c2)OCO3)CC1. The minimum absolute atomic E-state index is 0.236. The van der Waals surface area contributed by atoms with Crippen LogP contribution in [-0.2, 0) is 17.8 Å². The van der Waals surface area contributed by atoms with Gasteiger partial charge in [-0.1, -0.05) is 13.0 Å². The maximum Gasteiger partial charge on any atom is 0.231 e. The highest BCUT2D eigenvalue weighted by molar-refractivity contribution is 5.44. The van der Waals surface area contributed by atoms with Crippen LogP contribution in [0.3, 0.4) is 0 Å². The first-order valence-electron chi connectivity index (χ1n) is 9.88. The number of benzene rings is 1. The van der Waals surface area contributed by atoms with Crippen molar-refractivity contribution in [2.24, 2.45) is 0 Å². The lowest BCUT2D eigenvalue weighted by Crippen LogP contribution is -2.47. The van der Waals surface area contributed by atoms with Crippen molar-refractivity contribution < 1.29 is 14.2 Å². The molecule has 0 spiro atoms. The average molecular weight is 388 g/mol. The quantitative estimate of drug-likeness (QED) is 0.670. The van der Waals surface area contributed by atoms with Crippen molar-refractivity contribution >= 4 is 0 Å². The maximum absolute atomic E-state index is 5.49. The van der Waals surface area contributed by atoms with Crippen LogP contribution in [0.5, 0.6) is 11.5 Å². The fraction of sp³-hybridized carbons (Fsp3) is 0.632. The lowest BCUT2D eigenvalue weighted by molar-refractivity contribution is 0.0830. The summed E-state index contributed by atoms with van der Waals surface area (Å²) in [5, 5.41) is 12.3. The molecule has 1 aromatic carbocycles. The van der Waals surface area contributed by atoms with E-state index in [1.807, 2.05) is 10.7 Å². The minimum Gasteiger partial charge on any atom is -0.454 e. The van der Waals surface area contributed by atoms with Gasteiger partial charge < -0.3 is 14.2 Å². The van der Waals surface area contributed by atoms with Crippen molar-refractivity contribution in [3.05, 3.63) is 29.6 Å². The fourth-order valence-corrected chi connectivity index (χ4v) is 3.92. The zero-order valence-corrected chi connectivity index (χ0v) is 16.6. The molecular formula is C19H28N6O3. The molecule has 1 atom stereocenters. The molecular weight excluding hydrogens is 360 g/mol. The zero-order valence-electron chi connectivity index (χ0n) is 16.6. The summed E-state index contributed by atoms with van der Waals surface area (Å²) in [6, 6.07) is 6.45. The smallest absolute Gasteiger partial charge is 0.231 e. The second-order valence-corrected chi connectivity index (χ2v) is 7.18. The van der Waals surface area contributed by atoms with E-state index in [-0.39, 0.29) is 6.04 Å².